The molecular formula is C15H21BrN2O2. The molecule has 20 heavy (non-hydrogen) atoms. The lowest BCUT2D eigenvalue weighted by molar-refractivity contribution is -0.384. The molecule has 2 rings (SSSR count). The van der Waals surface area contributed by atoms with Gasteiger partial charge in [0.25, 0.3) is 5.69 Å². The summed E-state index contributed by atoms with van der Waals surface area (Å²) in [4.78, 5) is 13.3. The van der Waals surface area contributed by atoms with Gasteiger partial charge in [0.1, 0.15) is 5.69 Å². The molecule has 1 aliphatic carbocycles. The van der Waals surface area contributed by atoms with Gasteiger partial charge in [-0.1, -0.05) is 35.8 Å². The second-order valence-corrected chi connectivity index (χ2v) is 6.38. The number of hydrogen-bond donors (Lipinski definition) is 0. The van der Waals surface area contributed by atoms with E-state index in [4.69, 9.17) is 0 Å². The van der Waals surface area contributed by atoms with Gasteiger partial charge in [0.05, 0.1) is 4.92 Å². The lowest BCUT2D eigenvalue weighted by Gasteiger charge is -2.25. The third kappa shape index (κ3) is 3.72. The van der Waals surface area contributed by atoms with Crippen LogP contribution in [0.3, 0.4) is 0 Å². The van der Waals surface area contributed by atoms with Gasteiger partial charge in [0.15, 0.2) is 0 Å². The summed E-state index contributed by atoms with van der Waals surface area (Å²) in [5, 5.41) is 12.0. The largest absolute Gasteiger partial charge is 0.363 e. The van der Waals surface area contributed by atoms with Gasteiger partial charge in [-0.3, -0.25) is 10.1 Å². The van der Waals surface area contributed by atoms with Crippen LogP contribution < -0.4 is 4.90 Å². The fraction of sp³-hybridized carbons (Fsp3) is 0.600. The molecule has 0 aliphatic heterocycles. The molecule has 1 fully saturated rings. The first kappa shape index (κ1) is 15.3. The van der Waals surface area contributed by atoms with E-state index in [1.807, 2.05) is 12.1 Å². The van der Waals surface area contributed by atoms with Crippen molar-refractivity contribution < 1.29 is 4.92 Å². The molecule has 5 heteroatoms. The van der Waals surface area contributed by atoms with Crippen LogP contribution in [-0.4, -0.2) is 17.5 Å². The summed E-state index contributed by atoms with van der Waals surface area (Å²) >= 11 is 3.36. The topological polar surface area (TPSA) is 46.4 Å². The third-order valence-electron chi connectivity index (χ3n) is 3.64. The Morgan fingerprint density at radius 1 is 1.45 bits per heavy atom. The van der Waals surface area contributed by atoms with Crippen LogP contribution >= 0.6 is 15.9 Å². The Morgan fingerprint density at radius 3 is 2.65 bits per heavy atom. The van der Waals surface area contributed by atoms with Gasteiger partial charge in [0, 0.05) is 24.0 Å². The van der Waals surface area contributed by atoms with Gasteiger partial charge < -0.3 is 4.90 Å². The van der Waals surface area contributed by atoms with E-state index >= 15 is 0 Å². The highest BCUT2D eigenvalue weighted by Gasteiger charge is 2.32. The number of nitrogens with zero attached hydrogens (tertiary/aromatic N) is 2. The fourth-order valence-corrected chi connectivity index (χ4v) is 2.67. The molecule has 0 atom stereocenters. The Bertz CT molecular complexity index is 487. The molecule has 0 spiro atoms. The number of halogens is 1. The SMILES string of the molecule is CC(C)CCN(c1ccc(CBr)cc1[N+](=O)[O-])C1CC1. The van der Waals surface area contributed by atoms with Crippen molar-refractivity contribution in [1.29, 1.82) is 0 Å². The predicted octanol–water partition coefficient (Wildman–Crippen LogP) is 4.50. The molecule has 0 bridgehead atoms. The van der Waals surface area contributed by atoms with Gasteiger partial charge >= 0.3 is 0 Å². The van der Waals surface area contributed by atoms with E-state index in [9.17, 15) is 10.1 Å². The molecule has 0 amide bonds. The van der Waals surface area contributed by atoms with E-state index in [0.717, 1.165) is 37.1 Å². The van der Waals surface area contributed by atoms with Gasteiger partial charge in [-0.25, -0.2) is 0 Å². The smallest absolute Gasteiger partial charge is 0.292 e. The highest BCUT2D eigenvalue weighted by molar-refractivity contribution is 9.08. The summed E-state index contributed by atoms with van der Waals surface area (Å²) in [6.07, 6.45) is 3.36. The molecule has 0 saturated heterocycles. The quantitative estimate of drug-likeness (QED) is 0.417. The van der Waals surface area contributed by atoms with Crippen molar-refractivity contribution in [2.24, 2.45) is 5.92 Å². The summed E-state index contributed by atoms with van der Waals surface area (Å²) in [5.74, 6) is 0.608. The Balaban J connectivity index is 2.29. The number of anilines is 1. The van der Waals surface area contributed by atoms with Crippen LogP contribution in [-0.2, 0) is 5.33 Å². The molecule has 0 radical (unpaired) electrons. The number of rotatable bonds is 7. The van der Waals surface area contributed by atoms with Crippen molar-refractivity contribution in [2.45, 2.75) is 44.5 Å². The fourth-order valence-electron chi connectivity index (χ4n) is 2.32. The van der Waals surface area contributed by atoms with Crippen LogP contribution in [0.4, 0.5) is 11.4 Å². The van der Waals surface area contributed by atoms with E-state index in [1.165, 1.54) is 0 Å². The summed E-state index contributed by atoms with van der Waals surface area (Å²) in [6.45, 7) is 5.28. The van der Waals surface area contributed by atoms with Gasteiger partial charge in [-0.15, -0.1) is 0 Å². The molecule has 0 N–H and O–H groups in total. The molecule has 1 aromatic carbocycles. The minimum absolute atomic E-state index is 0.234. The number of nitro groups is 1. The van der Waals surface area contributed by atoms with Crippen LogP contribution in [0.25, 0.3) is 0 Å². The molecule has 1 aromatic rings. The molecule has 0 aromatic heterocycles. The summed E-state index contributed by atoms with van der Waals surface area (Å²) < 4.78 is 0. The van der Waals surface area contributed by atoms with Crippen molar-refractivity contribution in [3.05, 3.63) is 33.9 Å². The summed E-state index contributed by atoms with van der Waals surface area (Å²) in [5.41, 5.74) is 1.96. The van der Waals surface area contributed by atoms with Crippen molar-refractivity contribution in [3.63, 3.8) is 0 Å². The molecule has 4 nitrogen and oxygen atoms in total. The molecular weight excluding hydrogens is 320 g/mol. The average molecular weight is 341 g/mol. The maximum atomic E-state index is 11.3. The second-order valence-electron chi connectivity index (χ2n) is 5.82. The van der Waals surface area contributed by atoms with Crippen molar-refractivity contribution in [3.8, 4) is 0 Å². The Kier molecular flexibility index (Phi) is 5.02. The zero-order valence-corrected chi connectivity index (χ0v) is 13.6. The highest BCUT2D eigenvalue weighted by Crippen LogP contribution is 2.38. The number of alkyl halides is 1. The zero-order chi connectivity index (χ0) is 14.7. The van der Waals surface area contributed by atoms with Crippen LogP contribution in [0, 0.1) is 16.0 Å². The van der Waals surface area contributed by atoms with Crippen LogP contribution in [0.15, 0.2) is 18.2 Å². The molecule has 0 unspecified atom stereocenters. The highest BCUT2D eigenvalue weighted by atomic mass is 79.9. The van der Waals surface area contributed by atoms with Gasteiger partial charge in [-0.05, 0) is 36.8 Å². The maximum absolute atomic E-state index is 11.3. The van der Waals surface area contributed by atoms with E-state index in [2.05, 4.69) is 34.7 Å². The number of benzene rings is 1. The van der Waals surface area contributed by atoms with Crippen molar-refractivity contribution in [2.75, 3.05) is 11.4 Å². The first-order valence-electron chi connectivity index (χ1n) is 7.13. The minimum Gasteiger partial charge on any atom is -0.363 e. The minimum atomic E-state index is -0.258. The van der Waals surface area contributed by atoms with Crippen LogP contribution in [0.1, 0.15) is 38.7 Å². The van der Waals surface area contributed by atoms with Crippen molar-refractivity contribution >= 4 is 27.3 Å². The first-order valence-corrected chi connectivity index (χ1v) is 8.25. The Labute approximate surface area is 128 Å². The summed E-state index contributed by atoms with van der Waals surface area (Å²) in [6, 6.07) is 6.06. The number of nitro benzene ring substituents is 1. The first-order chi connectivity index (χ1) is 9.52. The molecule has 0 heterocycles. The third-order valence-corrected chi connectivity index (χ3v) is 4.28. The maximum Gasteiger partial charge on any atom is 0.292 e. The van der Waals surface area contributed by atoms with Gasteiger partial charge in [-0.2, -0.15) is 0 Å². The lowest BCUT2D eigenvalue weighted by Crippen LogP contribution is -2.28. The lowest BCUT2D eigenvalue weighted by atomic mass is 10.1. The van der Waals surface area contributed by atoms with E-state index < -0.39 is 0 Å². The Morgan fingerprint density at radius 2 is 2.15 bits per heavy atom. The van der Waals surface area contributed by atoms with E-state index in [1.54, 1.807) is 6.07 Å². The van der Waals surface area contributed by atoms with Crippen LogP contribution in [0.2, 0.25) is 0 Å². The zero-order valence-electron chi connectivity index (χ0n) is 12.0. The van der Waals surface area contributed by atoms with Crippen LogP contribution in [0.5, 0.6) is 0 Å². The van der Waals surface area contributed by atoms with Gasteiger partial charge in [0.2, 0.25) is 0 Å². The van der Waals surface area contributed by atoms with Crippen molar-refractivity contribution in [1.82, 2.24) is 0 Å². The molecule has 110 valence electrons. The second kappa shape index (κ2) is 6.57. The average Bonchev–Trinajstić information content (AvgIpc) is 3.23. The Hall–Kier alpha value is -1.10. The standard InChI is InChI=1S/C15H21BrN2O2/c1-11(2)7-8-17(13-4-5-13)14-6-3-12(10-16)9-15(14)18(19)20/h3,6,9,11,13H,4-5,7-8,10H2,1-2H3. The van der Waals surface area contributed by atoms with E-state index in [-0.39, 0.29) is 10.6 Å². The predicted molar refractivity (Wildman–Crippen MR) is 85.6 cm³/mol. The normalized spacial score (nSPS) is 14.6. The monoisotopic (exact) mass is 340 g/mol. The number of hydrogen-bond acceptors (Lipinski definition) is 3. The molecule has 1 aliphatic rings. The van der Waals surface area contributed by atoms with E-state index in [0.29, 0.717) is 17.3 Å². The molecule has 1 saturated carbocycles. The summed E-state index contributed by atoms with van der Waals surface area (Å²) in [7, 11) is 0.